The number of carbonyl (C=O) groups is 1. The maximum atomic E-state index is 12.8. The Morgan fingerprint density at radius 2 is 1.95 bits per heavy atom. The van der Waals surface area contributed by atoms with Crippen molar-refractivity contribution in [3.63, 3.8) is 0 Å². The minimum atomic E-state index is -4.65. The highest BCUT2D eigenvalue weighted by molar-refractivity contribution is 7.90. The van der Waals surface area contributed by atoms with Crippen LogP contribution in [0.5, 0.6) is 5.75 Å². The van der Waals surface area contributed by atoms with Gasteiger partial charge in [0.1, 0.15) is 21.9 Å². The second-order valence-corrected chi connectivity index (χ2v) is 6.46. The Bertz CT molecular complexity index is 579. The van der Waals surface area contributed by atoms with Gasteiger partial charge in [-0.1, -0.05) is 0 Å². The van der Waals surface area contributed by atoms with Crippen molar-refractivity contribution in [3.8, 4) is 5.75 Å². The summed E-state index contributed by atoms with van der Waals surface area (Å²) < 4.78 is 65.0. The van der Waals surface area contributed by atoms with Gasteiger partial charge in [0.25, 0.3) is 0 Å². The first-order valence-corrected chi connectivity index (χ1v) is 7.66. The van der Waals surface area contributed by atoms with E-state index >= 15 is 0 Å². The Hall–Kier alpha value is -1.57. The molecule has 0 atom stereocenters. The van der Waals surface area contributed by atoms with Crippen LogP contribution in [0.15, 0.2) is 18.2 Å². The van der Waals surface area contributed by atoms with E-state index in [0.29, 0.717) is 12.4 Å². The third-order valence-corrected chi connectivity index (χ3v) is 3.39. The van der Waals surface area contributed by atoms with Gasteiger partial charge < -0.3 is 4.74 Å². The zero-order valence-electron chi connectivity index (χ0n) is 10.6. The van der Waals surface area contributed by atoms with Gasteiger partial charge in [-0.05, 0) is 24.6 Å². The van der Waals surface area contributed by atoms with Crippen LogP contribution in [0.1, 0.15) is 22.3 Å². The number of aldehydes is 1. The van der Waals surface area contributed by atoms with Crippen LogP contribution >= 0.6 is 0 Å². The lowest BCUT2D eigenvalue weighted by molar-refractivity contribution is -0.138. The van der Waals surface area contributed by atoms with Crippen LogP contribution < -0.4 is 4.74 Å². The van der Waals surface area contributed by atoms with Crippen molar-refractivity contribution in [1.82, 2.24) is 0 Å². The molecule has 0 saturated carbocycles. The van der Waals surface area contributed by atoms with Gasteiger partial charge >= 0.3 is 6.18 Å². The maximum Gasteiger partial charge on any atom is 0.419 e. The van der Waals surface area contributed by atoms with Crippen LogP contribution in [-0.4, -0.2) is 33.3 Å². The maximum absolute atomic E-state index is 12.8. The highest BCUT2D eigenvalue weighted by atomic mass is 32.2. The summed E-state index contributed by atoms with van der Waals surface area (Å²) in [6, 6.07) is 2.94. The number of hydrogen-bond acceptors (Lipinski definition) is 4. The van der Waals surface area contributed by atoms with E-state index in [4.69, 9.17) is 4.74 Å². The van der Waals surface area contributed by atoms with Crippen LogP contribution in [0, 0.1) is 0 Å². The van der Waals surface area contributed by atoms with E-state index < -0.39 is 27.3 Å². The van der Waals surface area contributed by atoms with Gasteiger partial charge in [-0.25, -0.2) is 8.42 Å². The summed E-state index contributed by atoms with van der Waals surface area (Å²) in [6.07, 6.45) is -3.22. The van der Waals surface area contributed by atoms with E-state index in [9.17, 15) is 26.4 Å². The monoisotopic (exact) mass is 310 g/mol. The minimum absolute atomic E-state index is 0.0889. The first-order chi connectivity index (χ1) is 9.13. The molecule has 1 rings (SSSR count). The third-order valence-electron chi connectivity index (χ3n) is 2.36. The summed E-state index contributed by atoms with van der Waals surface area (Å²) >= 11 is 0. The Balaban J connectivity index is 2.82. The molecule has 20 heavy (non-hydrogen) atoms. The van der Waals surface area contributed by atoms with E-state index in [1.54, 1.807) is 0 Å². The molecular weight excluding hydrogens is 297 g/mol. The molecule has 0 aromatic heterocycles. The highest BCUT2D eigenvalue weighted by Crippen LogP contribution is 2.36. The van der Waals surface area contributed by atoms with Crippen molar-refractivity contribution < 1.29 is 31.1 Å². The summed E-state index contributed by atoms with van der Waals surface area (Å²) in [5.74, 6) is -0.586. The number of carbonyl (C=O) groups excluding carboxylic acids is 1. The standard InChI is InChI=1S/C12H13F3O4S/c1-20(17,18)6-2-5-19-11-4-3-9(8-16)7-10(11)12(13,14)15/h3-4,7-8H,2,5-6H2,1H3. The Morgan fingerprint density at radius 1 is 1.30 bits per heavy atom. The smallest absolute Gasteiger partial charge is 0.419 e. The van der Waals surface area contributed by atoms with E-state index in [1.807, 2.05) is 0 Å². The summed E-state index contributed by atoms with van der Waals surface area (Å²) in [7, 11) is -3.18. The van der Waals surface area contributed by atoms with Crippen molar-refractivity contribution in [1.29, 1.82) is 0 Å². The molecule has 4 nitrogen and oxygen atoms in total. The first-order valence-electron chi connectivity index (χ1n) is 5.60. The van der Waals surface area contributed by atoms with Crippen molar-refractivity contribution in [2.24, 2.45) is 0 Å². The summed E-state index contributed by atoms with van der Waals surface area (Å²) in [6.45, 7) is -0.156. The van der Waals surface area contributed by atoms with Crippen molar-refractivity contribution in [2.75, 3.05) is 18.6 Å². The third kappa shape index (κ3) is 5.20. The SMILES string of the molecule is CS(=O)(=O)CCCOc1ccc(C=O)cc1C(F)(F)F. The number of sulfone groups is 1. The highest BCUT2D eigenvalue weighted by Gasteiger charge is 2.34. The lowest BCUT2D eigenvalue weighted by atomic mass is 10.1. The van der Waals surface area contributed by atoms with Crippen LogP contribution in [0.25, 0.3) is 0 Å². The topological polar surface area (TPSA) is 60.4 Å². The Morgan fingerprint density at radius 3 is 2.45 bits per heavy atom. The number of rotatable bonds is 6. The van der Waals surface area contributed by atoms with Gasteiger partial charge in [0.2, 0.25) is 0 Å². The van der Waals surface area contributed by atoms with Crippen molar-refractivity contribution in [3.05, 3.63) is 29.3 Å². The second-order valence-electron chi connectivity index (χ2n) is 4.20. The summed E-state index contributed by atoms with van der Waals surface area (Å²) in [5, 5.41) is 0. The van der Waals surface area contributed by atoms with Crippen LogP contribution in [0.3, 0.4) is 0 Å². The molecule has 0 aliphatic rings. The van der Waals surface area contributed by atoms with Crippen molar-refractivity contribution >= 4 is 16.1 Å². The molecular formula is C12H13F3O4S. The average Bonchev–Trinajstić information content (AvgIpc) is 2.32. The first kappa shape index (κ1) is 16.5. The van der Waals surface area contributed by atoms with Gasteiger partial charge in [0.15, 0.2) is 0 Å². The largest absolute Gasteiger partial charge is 0.493 e. The zero-order chi connectivity index (χ0) is 15.4. The number of halogens is 3. The fourth-order valence-electron chi connectivity index (χ4n) is 1.47. The molecule has 0 fully saturated rings. The van der Waals surface area contributed by atoms with E-state index in [1.165, 1.54) is 6.07 Å². The molecule has 0 saturated heterocycles. The molecule has 8 heteroatoms. The Kier molecular flexibility index (Phi) is 5.15. The zero-order valence-corrected chi connectivity index (χ0v) is 11.4. The van der Waals surface area contributed by atoms with E-state index in [0.717, 1.165) is 12.3 Å². The predicted octanol–water partition coefficient (Wildman–Crippen LogP) is 2.33. The summed E-state index contributed by atoms with van der Waals surface area (Å²) in [5.41, 5.74) is -1.16. The van der Waals surface area contributed by atoms with E-state index in [2.05, 4.69) is 0 Å². The Labute approximate surface area is 114 Å². The molecule has 0 unspecified atom stereocenters. The summed E-state index contributed by atoms with van der Waals surface area (Å²) in [4.78, 5) is 10.5. The van der Waals surface area contributed by atoms with Crippen LogP contribution in [0.4, 0.5) is 13.2 Å². The lowest BCUT2D eigenvalue weighted by Crippen LogP contribution is -2.12. The number of benzene rings is 1. The minimum Gasteiger partial charge on any atom is -0.493 e. The molecule has 0 heterocycles. The average molecular weight is 310 g/mol. The number of hydrogen-bond donors (Lipinski definition) is 0. The molecule has 0 bridgehead atoms. The molecule has 0 N–H and O–H groups in total. The molecule has 1 aromatic carbocycles. The molecule has 112 valence electrons. The van der Waals surface area contributed by atoms with Crippen LogP contribution in [0.2, 0.25) is 0 Å². The van der Waals surface area contributed by atoms with Crippen LogP contribution in [-0.2, 0) is 16.0 Å². The molecule has 1 aromatic rings. The number of ether oxygens (including phenoxy) is 1. The van der Waals surface area contributed by atoms with Gasteiger partial charge in [-0.3, -0.25) is 4.79 Å². The second kappa shape index (κ2) is 6.25. The fourth-order valence-corrected chi connectivity index (χ4v) is 2.11. The van der Waals surface area contributed by atoms with Gasteiger partial charge in [-0.15, -0.1) is 0 Å². The normalized spacial score (nSPS) is 12.2. The van der Waals surface area contributed by atoms with Gasteiger partial charge in [0.05, 0.1) is 17.9 Å². The lowest BCUT2D eigenvalue weighted by Gasteiger charge is -2.14. The van der Waals surface area contributed by atoms with E-state index in [-0.39, 0.29) is 24.3 Å². The van der Waals surface area contributed by atoms with Gasteiger partial charge in [-0.2, -0.15) is 13.2 Å². The molecule has 0 radical (unpaired) electrons. The molecule has 0 spiro atoms. The molecule has 0 aliphatic heterocycles. The van der Waals surface area contributed by atoms with Gasteiger partial charge in [0, 0.05) is 11.8 Å². The number of alkyl halides is 3. The molecule has 0 amide bonds. The van der Waals surface area contributed by atoms with Crippen molar-refractivity contribution in [2.45, 2.75) is 12.6 Å². The predicted molar refractivity (Wildman–Crippen MR) is 66.7 cm³/mol. The fraction of sp³-hybridized carbons (Fsp3) is 0.417. The quantitative estimate of drug-likeness (QED) is 0.598. The molecule has 0 aliphatic carbocycles.